The van der Waals surface area contributed by atoms with Crippen LogP contribution < -0.4 is 0 Å². The zero-order chi connectivity index (χ0) is 28.8. The first-order valence-corrected chi connectivity index (χ1v) is 11.6. The molecule has 1 aliphatic heterocycles. The van der Waals surface area contributed by atoms with Crippen LogP contribution in [0.2, 0.25) is 0 Å². The molecule has 1 fully saturated rings. The topological polar surface area (TPSA) is 89.7 Å². The highest BCUT2D eigenvalue weighted by Crippen LogP contribution is 2.38. The summed E-state index contributed by atoms with van der Waals surface area (Å²) in [5, 5.41) is 4.04. The molecule has 3 aromatic heterocycles. The van der Waals surface area contributed by atoms with Crippen LogP contribution in [-0.2, 0) is 25.8 Å². The molecule has 0 unspecified atom stereocenters. The van der Waals surface area contributed by atoms with Gasteiger partial charge in [-0.25, -0.2) is 28.7 Å². The van der Waals surface area contributed by atoms with E-state index in [-0.39, 0.29) is 35.7 Å². The number of alkyl halides is 8. The molecule has 210 valence electrons. The summed E-state index contributed by atoms with van der Waals surface area (Å²) in [6.07, 6.45) is -6.19. The Hall–Kier alpha value is -3.72. The van der Waals surface area contributed by atoms with Crippen molar-refractivity contribution in [2.45, 2.75) is 50.5 Å². The van der Waals surface area contributed by atoms with E-state index in [1.807, 2.05) is 0 Å². The third-order valence-corrected chi connectivity index (χ3v) is 6.29. The number of aromatic nitrogens is 6. The molecule has 0 aromatic carbocycles. The number of amides is 1. The van der Waals surface area contributed by atoms with Crippen molar-refractivity contribution in [3.05, 3.63) is 53.6 Å². The Morgan fingerprint density at radius 2 is 1.51 bits per heavy atom. The number of carbonyl (C=O) groups is 1. The van der Waals surface area contributed by atoms with Gasteiger partial charge < -0.3 is 4.90 Å². The number of halogens is 8. The Morgan fingerprint density at radius 3 is 2.05 bits per heavy atom. The molecule has 0 bridgehead atoms. The molecule has 8 nitrogen and oxygen atoms in total. The molecule has 0 spiro atoms. The van der Waals surface area contributed by atoms with Crippen molar-refractivity contribution in [2.24, 2.45) is 13.0 Å². The smallest absolute Gasteiger partial charge is 0.328 e. The number of likely N-dealkylation sites (tertiary alicyclic amines) is 1. The predicted molar refractivity (Wildman–Crippen MR) is 118 cm³/mol. The summed E-state index contributed by atoms with van der Waals surface area (Å²) < 4.78 is 107. The minimum Gasteiger partial charge on any atom is -0.328 e. The van der Waals surface area contributed by atoms with Gasteiger partial charge in [0, 0.05) is 56.9 Å². The van der Waals surface area contributed by atoms with E-state index >= 15 is 0 Å². The second-order valence-corrected chi connectivity index (χ2v) is 9.32. The molecule has 4 heterocycles. The van der Waals surface area contributed by atoms with Crippen molar-refractivity contribution in [1.82, 2.24) is 34.6 Å². The molecule has 1 aliphatic rings. The second-order valence-electron chi connectivity index (χ2n) is 9.32. The molecular formula is C23H21F8N7O. The maximum Gasteiger partial charge on any atom is 0.419 e. The predicted octanol–water partition coefficient (Wildman–Crippen LogP) is 4.82. The van der Waals surface area contributed by atoms with Crippen molar-refractivity contribution in [3.8, 4) is 11.4 Å². The summed E-state index contributed by atoms with van der Waals surface area (Å²) in [6.45, 7) is 0.558. The van der Waals surface area contributed by atoms with Crippen LogP contribution >= 0.6 is 0 Å². The molecule has 1 saturated heterocycles. The Morgan fingerprint density at radius 1 is 0.974 bits per heavy atom. The average Bonchev–Trinajstić information content (AvgIpc) is 3.23. The van der Waals surface area contributed by atoms with Gasteiger partial charge in [-0.1, -0.05) is 6.92 Å². The zero-order valence-electron chi connectivity index (χ0n) is 20.4. The number of piperidine rings is 1. The summed E-state index contributed by atoms with van der Waals surface area (Å²) in [5.41, 5.74) is -2.54. The lowest BCUT2D eigenvalue weighted by Crippen LogP contribution is -2.55. The lowest BCUT2D eigenvalue weighted by atomic mass is 9.85. The van der Waals surface area contributed by atoms with Gasteiger partial charge in [-0.3, -0.25) is 9.48 Å². The quantitative estimate of drug-likeness (QED) is 0.414. The molecule has 3 aromatic rings. The molecule has 0 aliphatic carbocycles. The van der Waals surface area contributed by atoms with Crippen molar-refractivity contribution in [1.29, 1.82) is 0 Å². The highest BCUT2D eigenvalue weighted by atomic mass is 19.4. The number of carbonyl (C=O) groups excluding carboxylic acids is 1. The third-order valence-electron chi connectivity index (χ3n) is 6.29. The average molecular weight is 563 g/mol. The molecule has 1 amide bonds. The molecule has 0 radical (unpaired) electrons. The van der Waals surface area contributed by atoms with Crippen LogP contribution in [0.1, 0.15) is 47.2 Å². The summed E-state index contributed by atoms with van der Waals surface area (Å²) in [7, 11) is 1.43. The molecular weight excluding hydrogens is 542 g/mol. The summed E-state index contributed by atoms with van der Waals surface area (Å²) in [5.74, 6) is -5.10. The summed E-state index contributed by atoms with van der Waals surface area (Å²) in [4.78, 5) is 29.2. The van der Waals surface area contributed by atoms with E-state index in [1.165, 1.54) is 24.9 Å². The largest absolute Gasteiger partial charge is 0.419 e. The van der Waals surface area contributed by atoms with Gasteiger partial charge in [-0.15, -0.1) is 0 Å². The number of nitrogens with zero attached hydrogens (tertiary/aromatic N) is 7. The Bertz CT molecular complexity index is 1320. The number of hydrogen-bond donors (Lipinski definition) is 0. The van der Waals surface area contributed by atoms with Gasteiger partial charge in [0.2, 0.25) is 0 Å². The van der Waals surface area contributed by atoms with E-state index < -0.39 is 60.2 Å². The Balaban J connectivity index is 1.61. The number of aryl methyl sites for hydroxylation is 2. The monoisotopic (exact) mass is 563 g/mol. The fourth-order valence-electron chi connectivity index (χ4n) is 4.47. The lowest BCUT2D eigenvalue weighted by Gasteiger charge is -2.43. The Labute approximate surface area is 216 Å². The normalized spacial score (nSPS) is 19.8. The van der Waals surface area contributed by atoms with Gasteiger partial charge in [0.25, 0.3) is 11.8 Å². The molecule has 16 heteroatoms. The molecule has 39 heavy (non-hydrogen) atoms. The third kappa shape index (κ3) is 6.30. The second kappa shape index (κ2) is 10.1. The van der Waals surface area contributed by atoms with E-state index in [4.69, 9.17) is 0 Å². The minimum atomic E-state index is -4.69. The van der Waals surface area contributed by atoms with Crippen LogP contribution in [0.5, 0.6) is 0 Å². The number of rotatable bonds is 5. The highest BCUT2D eigenvalue weighted by molar-refractivity contribution is 5.98. The van der Waals surface area contributed by atoms with Gasteiger partial charge in [0.15, 0.2) is 11.5 Å². The molecule has 4 rings (SSSR count). The molecule has 0 saturated carbocycles. The first-order chi connectivity index (χ1) is 18.0. The first-order valence-electron chi connectivity index (χ1n) is 11.6. The number of hydrogen-bond acceptors (Lipinski definition) is 6. The SMILES string of the molecule is C[C@@H]1CC(F)(F)CN(C(=O)c2nn(C)cc2-c2ncc(C(F)(F)F)cn2)[C@@H]1CCc1ncc(C(F)(F)F)cn1. The molecule has 2 atom stereocenters. The summed E-state index contributed by atoms with van der Waals surface area (Å²) >= 11 is 0. The maximum absolute atomic E-state index is 14.6. The fourth-order valence-corrected chi connectivity index (χ4v) is 4.47. The van der Waals surface area contributed by atoms with Crippen LogP contribution in [0.3, 0.4) is 0 Å². The lowest BCUT2D eigenvalue weighted by molar-refractivity contribution is -0.138. The minimum absolute atomic E-state index is 0.000411. The van der Waals surface area contributed by atoms with Crippen LogP contribution in [0, 0.1) is 5.92 Å². The summed E-state index contributed by atoms with van der Waals surface area (Å²) in [6, 6.07) is -0.786. The van der Waals surface area contributed by atoms with Gasteiger partial charge in [0.05, 0.1) is 23.2 Å². The van der Waals surface area contributed by atoms with Crippen LogP contribution in [-0.4, -0.2) is 59.0 Å². The van der Waals surface area contributed by atoms with E-state index in [2.05, 4.69) is 25.0 Å². The first kappa shape index (κ1) is 28.3. The van der Waals surface area contributed by atoms with E-state index in [0.29, 0.717) is 24.8 Å². The Kier molecular flexibility index (Phi) is 7.33. The fraction of sp³-hybridized carbons (Fsp3) is 0.478. The standard InChI is InChI=1S/C23H21F8N7O/c1-12-5-21(24,25)11-38(16(12)3-4-17-32-6-13(7-33-17)22(26,27)28)20(39)18-15(10-37(2)36-18)19-34-8-14(9-35-19)23(29,30)31/h6-10,12,16H,3-5,11H2,1-2H3/t12-,16-/m1/s1. The van der Waals surface area contributed by atoms with Crippen LogP contribution in [0.25, 0.3) is 11.4 Å². The highest BCUT2D eigenvalue weighted by Gasteiger charge is 2.47. The van der Waals surface area contributed by atoms with Gasteiger partial charge in [-0.05, 0) is 12.3 Å². The van der Waals surface area contributed by atoms with Crippen molar-refractivity contribution in [2.75, 3.05) is 6.54 Å². The van der Waals surface area contributed by atoms with Gasteiger partial charge in [-0.2, -0.15) is 31.4 Å². The van der Waals surface area contributed by atoms with Gasteiger partial charge in [0.1, 0.15) is 5.82 Å². The van der Waals surface area contributed by atoms with Crippen molar-refractivity contribution in [3.63, 3.8) is 0 Å². The van der Waals surface area contributed by atoms with E-state index in [9.17, 15) is 39.9 Å². The van der Waals surface area contributed by atoms with Gasteiger partial charge >= 0.3 is 12.4 Å². The van der Waals surface area contributed by atoms with Crippen LogP contribution in [0.15, 0.2) is 31.0 Å². The maximum atomic E-state index is 14.6. The van der Waals surface area contributed by atoms with Crippen molar-refractivity contribution >= 4 is 5.91 Å². The van der Waals surface area contributed by atoms with Crippen molar-refractivity contribution < 1.29 is 39.9 Å². The van der Waals surface area contributed by atoms with E-state index in [1.54, 1.807) is 0 Å². The molecule has 0 N–H and O–H groups in total. The van der Waals surface area contributed by atoms with Crippen LogP contribution in [0.4, 0.5) is 35.1 Å². The van der Waals surface area contributed by atoms with E-state index in [0.717, 1.165) is 4.90 Å². The zero-order valence-corrected chi connectivity index (χ0v) is 20.4.